The SMILES string of the molecule is CC1CCCC(n2cc(CCCCCCCCC(=O)O)nn2)C1. The fraction of sp³-hybridized carbons (Fsp3) is 0.833. The molecule has 130 valence electrons. The Balaban J connectivity index is 1.57. The third-order valence-corrected chi connectivity index (χ3v) is 4.91. The van der Waals surface area contributed by atoms with Crippen LogP contribution in [-0.4, -0.2) is 26.1 Å². The molecule has 0 spiro atoms. The molecule has 1 aromatic rings. The van der Waals surface area contributed by atoms with Gasteiger partial charge in [-0.3, -0.25) is 4.79 Å². The molecule has 2 unspecified atom stereocenters. The number of hydrogen-bond acceptors (Lipinski definition) is 3. The van der Waals surface area contributed by atoms with Crippen molar-refractivity contribution in [2.45, 2.75) is 90.0 Å². The second-order valence-electron chi connectivity index (χ2n) is 7.13. The molecule has 0 amide bonds. The van der Waals surface area contributed by atoms with E-state index in [0.717, 1.165) is 43.7 Å². The first-order valence-corrected chi connectivity index (χ1v) is 9.27. The van der Waals surface area contributed by atoms with E-state index in [1.165, 1.54) is 38.5 Å². The summed E-state index contributed by atoms with van der Waals surface area (Å²) in [5, 5.41) is 17.2. The van der Waals surface area contributed by atoms with Gasteiger partial charge in [-0.1, -0.05) is 50.7 Å². The molecule has 1 saturated carbocycles. The lowest BCUT2D eigenvalue weighted by Crippen LogP contribution is -2.18. The van der Waals surface area contributed by atoms with E-state index >= 15 is 0 Å². The minimum atomic E-state index is -0.680. The number of carboxylic acid groups (broad SMARTS) is 1. The highest BCUT2D eigenvalue weighted by Crippen LogP contribution is 2.31. The van der Waals surface area contributed by atoms with Crippen LogP contribution >= 0.6 is 0 Å². The second-order valence-corrected chi connectivity index (χ2v) is 7.13. The van der Waals surface area contributed by atoms with Gasteiger partial charge < -0.3 is 5.11 Å². The van der Waals surface area contributed by atoms with Crippen LogP contribution in [0.1, 0.15) is 89.3 Å². The van der Waals surface area contributed by atoms with Gasteiger partial charge in [-0.2, -0.15) is 0 Å². The zero-order valence-corrected chi connectivity index (χ0v) is 14.4. The quantitative estimate of drug-likeness (QED) is 0.649. The normalized spacial score (nSPS) is 21.4. The summed E-state index contributed by atoms with van der Waals surface area (Å²) in [6.45, 7) is 2.33. The van der Waals surface area contributed by atoms with Crippen molar-refractivity contribution in [3.63, 3.8) is 0 Å². The summed E-state index contributed by atoms with van der Waals surface area (Å²) in [6, 6.07) is 0.550. The summed E-state index contributed by atoms with van der Waals surface area (Å²) < 4.78 is 2.09. The molecule has 23 heavy (non-hydrogen) atoms. The van der Waals surface area contributed by atoms with Crippen LogP contribution in [0.2, 0.25) is 0 Å². The number of carbonyl (C=O) groups is 1. The maximum Gasteiger partial charge on any atom is 0.303 e. The van der Waals surface area contributed by atoms with Gasteiger partial charge >= 0.3 is 5.97 Å². The molecule has 1 N–H and O–H groups in total. The fourth-order valence-corrected chi connectivity index (χ4v) is 3.54. The van der Waals surface area contributed by atoms with Crippen LogP contribution in [0.4, 0.5) is 0 Å². The predicted octanol–water partition coefficient (Wildman–Crippen LogP) is 4.39. The van der Waals surface area contributed by atoms with E-state index in [1.807, 2.05) is 0 Å². The van der Waals surface area contributed by atoms with Gasteiger partial charge in [0.05, 0.1) is 11.7 Å². The first-order chi connectivity index (χ1) is 11.1. The molecule has 1 aromatic heterocycles. The number of nitrogens with zero attached hydrogens (tertiary/aromatic N) is 3. The molecule has 0 saturated heterocycles. The molecule has 5 nitrogen and oxygen atoms in total. The molecular formula is C18H31N3O2. The Morgan fingerprint density at radius 2 is 1.96 bits per heavy atom. The van der Waals surface area contributed by atoms with Crippen molar-refractivity contribution in [1.29, 1.82) is 0 Å². The minimum absolute atomic E-state index is 0.308. The highest BCUT2D eigenvalue weighted by atomic mass is 16.4. The Morgan fingerprint density at radius 1 is 1.22 bits per heavy atom. The molecule has 1 aliphatic carbocycles. The van der Waals surface area contributed by atoms with Crippen LogP contribution in [-0.2, 0) is 11.2 Å². The molecule has 5 heteroatoms. The van der Waals surface area contributed by atoms with Crippen LogP contribution in [0, 0.1) is 5.92 Å². The second kappa shape index (κ2) is 9.68. The maximum absolute atomic E-state index is 10.4. The van der Waals surface area contributed by atoms with Crippen molar-refractivity contribution < 1.29 is 9.90 Å². The average molecular weight is 321 g/mol. The van der Waals surface area contributed by atoms with Crippen molar-refractivity contribution in [3.05, 3.63) is 11.9 Å². The van der Waals surface area contributed by atoms with E-state index in [4.69, 9.17) is 5.11 Å². The van der Waals surface area contributed by atoms with Crippen LogP contribution in [0.3, 0.4) is 0 Å². The van der Waals surface area contributed by atoms with Gasteiger partial charge in [0.15, 0.2) is 0 Å². The van der Waals surface area contributed by atoms with Crippen molar-refractivity contribution in [2.75, 3.05) is 0 Å². The summed E-state index contributed by atoms with van der Waals surface area (Å²) in [7, 11) is 0. The van der Waals surface area contributed by atoms with Gasteiger partial charge in [0, 0.05) is 12.6 Å². The maximum atomic E-state index is 10.4. The van der Waals surface area contributed by atoms with E-state index in [1.54, 1.807) is 0 Å². The third kappa shape index (κ3) is 6.71. The molecule has 1 aliphatic rings. The monoisotopic (exact) mass is 321 g/mol. The summed E-state index contributed by atoms with van der Waals surface area (Å²) in [6.07, 6.45) is 15.1. The highest BCUT2D eigenvalue weighted by Gasteiger charge is 2.21. The molecule has 0 radical (unpaired) electrons. The van der Waals surface area contributed by atoms with Crippen LogP contribution in [0.5, 0.6) is 0 Å². The van der Waals surface area contributed by atoms with Crippen molar-refractivity contribution in [3.8, 4) is 0 Å². The van der Waals surface area contributed by atoms with Crippen molar-refractivity contribution >= 4 is 5.97 Å². The molecule has 0 aliphatic heterocycles. The Hall–Kier alpha value is -1.39. The zero-order valence-electron chi connectivity index (χ0n) is 14.4. The zero-order chi connectivity index (χ0) is 16.5. The van der Waals surface area contributed by atoms with E-state index in [9.17, 15) is 4.79 Å². The number of aromatic nitrogens is 3. The van der Waals surface area contributed by atoms with Crippen molar-refractivity contribution in [2.24, 2.45) is 5.92 Å². The van der Waals surface area contributed by atoms with Gasteiger partial charge in [-0.25, -0.2) is 4.68 Å². The van der Waals surface area contributed by atoms with E-state index < -0.39 is 5.97 Å². The predicted molar refractivity (Wildman–Crippen MR) is 90.3 cm³/mol. The van der Waals surface area contributed by atoms with E-state index in [0.29, 0.717) is 12.5 Å². The first-order valence-electron chi connectivity index (χ1n) is 9.27. The van der Waals surface area contributed by atoms with Crippen LogP contribution < -0.4 is 0 Å². The summed E-state index contributed by atoms with van der Waals surface area (Å²) >= 11 is 0. The number of unbranched alkanes of at least 4 members (excludes halogenated alkanes) is 5. The Kier molecular flexibility index (Phi) is 7.56. The van der Waals surface area contributed by atoms with E-state index in [2.05, 4.69) is 28.1 Å². The number of rotatable bonds is 10. The lowest BCUT2D eigenvalue weighted by Gasteiger charge is -2.26. The number of aliphatic carboxylic acids is 1. The summed E-state index contributed by atoms with van der Waals surface area (Å²) in [4.78, 5) is 10.4. The van der Waals surface area contributed by atoms with Crippen LogP contribution in [0.25, 0.3) is 0 Å². The highest BCUT2D eigenvalue weighted by molar-refractivity contribution is 5.66. The lowest BCUT2D eigenvalue weighted by molar-refractivity contribution is -0.137. The Bertz CT molecular complexity index is 473. The van der Waals surface area contributed by atoms with Gasteiger partial charge in [0.1, 0.15) is 0 Å². The number of hydrogen-bond donors (Lipinski definition) is 1. The molecule has 2 rings (SSSR count). The summed E-state index contributed by atoms with van der Waals surface area (Å²) in [5.74, 6) is 0.128. The largest absolute Gasteiger partial charge is 0.481 e. The topological polar surface area (TPSA) is 68.0 Å². The van der Waals surface area contributed by atoms with Crippen molar-refractivity contribution in [1.82, 2.24) is 15.0 Å². The van der Waals surface area contributed by atoms with Gasteiger partial charge in [-0.05, 0) is 38.0 Å². The molecule has 0 bridgehead atoms. The third-order valence-electron chi connectivity index (χ3n) is 4.91. The Labute approximate surface area is 139 Å². The Morgan fingerprint density at radius 3 is 2.70 bits per heavy atom. The summed E-state index contributed by atoms with van der Waals surface area (Å²) in [5.41, 5.74) is 1.12. The van der Waals surface area contributed by atoms with Gasteiger partial charge in [-0.15, -0.1) is 5.10 Å². The number of carboxylic acids is 1. The molecular weight excluding hydrogens is 290 g/mol. The smallest absolute Gasteiger partial charge is 0.303 e. The van der Waals surface area contributed by atoms with Gasteiger partial charge in [0.2, 0.25) is 0 Å². The number of aryl methyl sites for hydroxylation is 1. The first kappa shape index (κ1) is 18.0. The van der Waals surface area contributed by atoms with E-state index in [-0.39, 0.29) is 0 Å². The molecule has 0 aromatic carbocycles. The molecule has 2 atom stereocenters. The molecule has 1 fully saturated rings. The average Bonchev–Trinajstić information content (AvgIpc) is 2.98. The molecule has 1 heterocycles. The lowest BCUT2D eigenvalue weighted by atomic mass is 9.87. The standard InChI is InChI=1S/C18H31N3O2/c1-15-9-8-11-17(13-15)21-14-16(19-20-21)10-6-4-2-3-5-7-12-18(22)23/h14-15,17H,2-13H2,1H3,(H,22,23). The minimum Gasteiger partial charge on any atom is -0.481 e. The van der Waals surface area contributed by atoms with Crippen LogP contribution in [0.15, 0.2) is 6.20 Å². The van der Waals surface area contributed by atoms with Gasteiger partial charge in [0.25, 0.3) is 0 Å². The fourth-order valence-electron chi connectivity index (χ4n) is 3.54.